The zero-order valence-electron chi connectivity index (χ0n) is 11.2. The lowest BCUT2D eigenvalue weighted by Gasteiger charge is -2.11. The van der Waals surface area contributed by atoms with E-state index >= 15 is 0 Å². The molecule has 0 bridgehead atoms. The molecule has 5 nitrogen and oxygen atoms in total. The normalized spacial score (nSPS) is 11.0. The van der Waals surface area contributed by atoms with Crippen molar-refractivity contribution in [2.75, 3.05) is 11.8 Å². The van der Waals surface area contributed by atoms with Gasteiger partial charge in [0.25, 0.3) is 10.0 Å². The van der Waals surface area contributed by atoms with E-state index in [4.69, 9.17) is 10.00 Å². The molecule has 1 N–H and O–H groups in total. The fourth-order valence-electron chi connectivity index (χ4n) is 1.74. The molecular weight excluding hydrogens is 376 g/mol. The molecule has 2 aromatic rings. The van der Waals surface area contributed by atoms with Gasteiger partial charge in [-0.15, -0.1) is 11.3 Å². The van der Waals surface area contributed by atoms with E-state index in [0.29, 0.717) is 21.9 Å². The topological polar surface area (TPSA) is 79.2 Å². The van der Waals surface area contributed by atoms with E-state index < -0.39 is 10.0 Å². The lowest BCUT2D eigenvalue weighted by atomic mass is 10.2. The number of hydrogen-bond donors (Lipinski definition) is 1. The van der Waals surface area contributed by atoms with Crippen molar-refractivity contribution in [3.05, 3.63) is 38.5 Å². The summed E-state index contributed by atoms with van der Waals surface area (Å²) in [6.07, 6.45) is 0. The molecule has 1 heterocycles. The number of benzene rings is 1. The second-order valence-corrected chi connectivity index (χ2v) is 8.39. The molecule has 2 rings (SSSR count). The summed E-state index contributed by atoms with van der Waals surface area (Å²) in [6.45, 7) is 1.74. The van der Waals surface area contributed by atoms with Gasteiger partial charge in [0.15, 0.2) is 0 Å². The Morgan fingerprint density at radius 3 is 2.62 bits per heavy atom. The molecule has 1 aromatic heterocycles. The SMILES string of the molecule is COc1cc(C#N)ccc1NS(=O)(=O)c1cc(Br)sc1C. The summed E-state index contributed by atoms with van der Waals surface area (Å²) in [7, 11) is -2.29. The highest BCUT2D eigenvalue weighted by molar-refractivity contribution is 9.11. The molecule has 21 heavy (non-hydrogen) atoms. The van der Waals surface area contributed by atoms with Crippen LogP contribution in [0.4, 0.5) is 5.69 Å². The zero-order valence-corrected chi connectivity index (χ0v) is 14.4. The van der Waals surface area contributed by atoms with Crippen molar-refractivity contribution in [2.24, 2.45) is 0 Å². The van der Waals surface area contributed by atoms with Crippen molar-refractivity contribution in [3.8, 4) is 11.8 Å². The Labute approximate surface area is 135 Å². The van der Waals surface area contributed by atoms with Crippen molar-refractivity contribution in [1.82, 2.24) is 0 Å². The molecule has 0 unspecified atom stereocenters. The van der Waals surface area contributed by atoms with E-state index in [9.17, 15) is 8.42 Å². The largest absolute Gasteiger partial charge is 0.495 e. The number of rotatable bonds is 4. The third-order valence-electron chi connectivity index (χ3n) is 2.71. The van der Waals surface area contributed by atoms with Crippen LogP contribution >= 0.6 is 27.3 Å². The first-order valence-electron chi connectivity index (χ1n) is 5.74. The van der Waals surface area contributed by atoms with Crippen LogP contribution in [0.1, 0.15) is 10.4 Å². The van der Waals surface area contributed by atoms with Gasteiger partial charge in [-0.2, -0.15) is 5.26 Å². The highest BCUT2D eigenvalue weighted by Crippen LogP contribution is 2.33. The molecule has 8 heteroatoms. The van der Waals surface area contributed by atoms with Crippen molar-refractivity contribution in [2.45, 2.75) is 11.8 Å². The number of nitriles is 1. The van der Waals surface area contributed by atoms with Gasteiger partial charge >= 0.3 is 0 Å². The maximum atomic E-state index is 12.4. The minimum Gasteiger partial charge on any atom is -0.495 e. The Morgan fingerprint density at radius 1 is 1.38 bits per heavy atom. The van der Waals surface area contributed by atoms with Crippen LogP contribution < -0.4 is 9.46 Å². The summed E-state index contributed by atoms with van der Waals surface area (Å²) in [5, 5.41) is 8.85. The maximum Gasteiger partial charge on any atom is 0.263 e. The van der Waals surface area contributed by atoms with Gasteiger partial charge in [0.1, 0.15) is 10.6 Å². The predicted octanol–water partition coefficient (Wildman–Crippen LogP) is 3.50. The number of halogens is 1. The van der Waals surface area contributed by atoms with Gasteiger partial charge < -0.3 is 4.74 Å². The van der Waals surface area contributed by atoms with Crippen molar-refractivity contribution >= 4 is 43.0 Å². The monoisotopic (exact) mass is 386 g/mol. The first kappa shape index (κ1) is 15.8. The number of nitrogens with one attached hydrogen (secondary N) is 1. The van der Waals surface area contributed by atoms with Crippen LogP contribution in [0.5, 0.6) is 5.75 Å². The van der Waals surface area contributed by atoms with Crippen molar-refractivity contribution < 1.29 is 13.2 Å². The van der Waals surface area contributed by atoms with E-state index in [0.717, 1.165) is 3.79 Å². The molecule has 0 radical (unpaired) electrons. The molecule has 0 aliphatic rings. The van der Waals surface area contributed by atoms with Crippen LogP contribution in [0.15, 0.2) is 32.9 Å². The first-order valence-corrected chi connectivity index (χ1v) is 8.83. The number of nitrogens with zero attached hydrogens (tertiary/aromatic N) is 1. The smallest absolute Gasteiger partial charge is 0.263 e. The molecule has 0 saturated heterocycles. The molecule has 0 aliphatic heterocycles. The highest BCUT2D eigenvalue weighted by atomic mass is 79.9. The molecule has 0 amide bonds. The quantitative estimate of drug-likeness (QED) is 0.871. The number of sulfonamides is 1. The van der Waals surface area contributed by atoms with Crippen molar-refractivity contribution in [1.29, 1.82) is 5.26 Å². The standard InChI is InChI=1S/C13H11BrN2O3S2/c1-8-12(6-13(14)20-8)21(17,18)16-10-4-3-9(7-15)5-11(10)19-2/h3-6,16H,1-2H3. The number of methoxy groups -OCH3 is 1. The number of ether oxygens (including phenoxy) is 1. The van der Waals surface area contributed by atoms with Gasteiger partial charge in [-0.05, 0) is 41.1 Å². The highest BCUT2D eigenvalue weighted by Gasteiger charge is 2.21. The summed E-state index contributed by atoms with van der Waals surface area (Å²) in [4.78, 5) is 0.896. The second kappa shape index (κ2) is 6.05. The third-order valence-corrected chi connectivity index (χ3v) is 5.88. The minimum atomic E-state index is -3.71. The van der Waals surface area contributed by atoms with Crippen LogP contribution in [0.2, 0.25) is 0 Å². The minimum absolute atomic E-state index is 0.214. The van der Waals surface area contributed by atoms with E-state index in [1.165, 1.54) is 36.6 Å². The van der Waals surface area contributed by atoms with Crippen LogP contribution in [0.3, 0.4) is 0 Å². The summed E-state index contributed by atoms with van der Waals surface area (Å²) in [6, 6.07) is 8.04. The molecule has 0 aliphatic carbocycles. The molecule has 0 atom stereocenters. The molecule has 110 valence electrons. The van der Waals surface area contributed by atoms with Crippen LogP contribution in [0, 0.1) is 18.3 Å². The predicted molar refractivity (Wildman–Crippen MR) is 85.3 cm³/mol. The van der Waals surface area contributed by atoms with Gasteiger partial charge in [-0.1, -0.05) is 0 Å². The second-order valence-electron chi connectivity index (χ2n) is 4.10. The van der Waals surface area contributed by atoms with Gasteiger partial charge in [0, 0.05) is 10.9 Å². The van der Waals surface area contributed by atoms with E-state index in [2.05, 4.69) is 20.7 Å². The third kappa shape index (κ3) is 3.37. The fraction of sp³-hybridized carbons (Fsp3) is 0.154. The molecule has 1 aromatic carbocycles. The fourth-order valence-corrected chi connectivity index (χ4v) is 5.23. The molecule has 0 saturated carbocycles. The van der Waals surface area contributed by atoms with Crippen molar-refractivity contribution in [3.63, 3.8) is 0 Å². The number of thiophene rings is 1. The van der Waals surface area contributed by atoms with E-state index in [1.807, 2.05) is 6.07 Å². The zero-order chi connectivity index (χ0) is 15.6. The summed E-state index contributed by atoms with van der Waals surface area (Å²) >= 11 is 4.62. The molecule has 0 fully saturated rings. The van der Waals surface area contributed by atoms with Gasteiger partial charge in [0.2, 0.25) is 0 Å². The molecule has 0 spiro atoms. The first-order chi connectivity index (χ1) is 9.87. The van der Waals surface area contributed by atoms with Crippen LogP contribution in [-0.2, 0) is 10.0 Å². The Balaban J connectivity index is 2.42. The summed E-state index contributed by atoms with van der Waals surface area (Å²) in [5.74, 6) is 0.296. The van der Waals surface area contributed by atoms with Crippen LogP contribution in [0.25, 0.3) is 0 Å². The van der Waals surface area contributed by atoms with E-state index in [1.54, 1.807) is 13.0 Å². The summed E-state index contributed by atoms with van der Waals surface area (Å²) in [5.41, 5.74) is 0.683. The van der Waals surface area contributed by atoms with Gasteiger partial charge in [0.05, 0.1) is 28.2 Å². The maximum absolute atomic E-state index is 12.4. The number of hydrogen-bond acceptors (Lipinski definition) is 5. The lowest BCUT2D eigenvalue weighted by molar-refractivity contribution is 0.416. The Bertz CT molecular complexity index is 822. The average Bonchev–Trinajstić information content (AvgIpc) is 2.78. The average molecular weight is 387 g/mol. The number of aryl methyl sites for hydroxylation is 1. The lowest BCUT2D eigenvalue weighted by Crippen LogP contribution is -2.13. The van der Waals surface area contributed by atoms with Crippen LogP contribution in [-0.4, -0.2) is 15.5 Å². The van der Waals surface area contributed by atoms with Gasteiger partial charge in [-0.25, -0.2) is 8.42 Å². The van der Waals surface area contributed by atoms with E-state index in [-0.39, 0.29) is 4.90 Å². The Hall–Kier alpha value is -1.56. The van der Waals surface area contributed by atoms with Gasteiger partial charge in [-0.3, -0.25) is 4.72 Å². The molecular formula is C13H11BrN2O3S2. The number of anilines is 1. The summed E-state index contributed by atoms with van der Waals surface area (Å²) < 4.78 is 33.2. The Kier molecular flexibility index (Phi) is 4.56. The Morgan fingerprint density at radius 2 is 2.10 bits per heavy atom.